The number of benzene rings is 1. The van der Waals surface area contributed by atoms with Crippen LogP contribution in [0.4, 0.5) is 5.69 Å². The van der Waals surface area contributed by atoms with Gasteiger partial charge in [0.05, 0.1) is 18.2 Å². The summed E-state index contributed by atoms with van der Waals surface area (Å²) in [6, 6.07) is 5.21. The molecule has 5 heteroatoms. The normalized spacial score (nSPS) is 12.6. The van der Waals surface area contributed by atoms with Gasteiger partial charge in [0, 0.05) is 18.1 Å². The highest BCUT2D eigenvalue weighted by molar-refractivity contribution is 6.08. The van der Waals surface area contributed by atoms with E-state index in [0.717, 1.165) is 11.1 Å². The van der Waals surface area contributed by atoms with Crippen molar-refractivity contribution in [3.63, 3.8) is 0 Å². The number of amides is 1. The van der Waals surface area contributed by atoms with Crippen LogP contribution >= 0.6 is 0 Å². The van der Waals surface area contributed by atoms with E-state index in [4.69, 9.17) is 4.74 Å². The molecule has 0 saturated carbocycles. The maximum Gasteiger partial charge on any atom is 0.338 e. The number of hydrogen-bond acceptors (Lipinski definition) is 4. The zero-order valence-electron chi connectivity index (χ0n) is 15.7. The number of carbonyl (C=O) groups is 2. The zero-order chi connectivity index (χ0) is 19.0. The van der Waals surface area contributed by atoms with Gasteiger partial charge in [-0.25, -0.2) is 4.79 Å². The van der Waals surface area contributed by atoms with Crippen LogP contribution in [0.3, 0.4) is 0 Å². The average molecular weight is 342 g/mol. The number of anilines is 1. The van der Waals surface area contributed by atoms with E-state index in [1.165, 1.54) is 13.3 Å². The summed E-state index contributed by atoms with van der Waals surface area (Å²) in [4.78, 5) is 28.8. The second-order valence-electron chi connectivity index (χ2n) is 5.79. The van der Waals surface area contributed by atoms with Gasteiger partial charge >= 0.3 is 5.97 Å². The number of aliphatic imine (C=N–C) groups is 1. The van der Waals surface area contributed by atoms with Crippen molar-refractivity contribution in [3.8, 4) is 0 Å². The Morgan fingerprint density at radius 3 is 2.44 bits per heavy atom. The molecule has 5 nitrogen and oxygen atoms in total. The lowest BCUT2D eigenvalue weighted by atomic mass is 9.94. The van der Waals surface area contributed by atoms with E-state index < -0.39 is 5.97 Å². The first kappa shape index (κ1) is 20.4. The summed E-state index contributed by atoms with van der Waals surface area (Å²) < 4.78 is 4.85. The summed E-state index contributed by atoms with van der Waals surface area (Å²) in [7, 11) is 1.34. The summed E-state index contributed by atoms with van der Waals surface area (Å²) in [6.07, 6.45) is 5.00. The lowest BCUT2D eigenvalue weighted by Gasteiger charge is -2.18. The quantitative estimate of drug-likeness (QED) is 0.359. The molecule has 25 heavy (non-hydrogen) atoms. The predicted octanol–water partition coefficient (Wildman–Crippen LogP) is 4.48. The van der Waals surface area contributed by atoms with Crippen molar-refractivity contribution in [2.75, 3.05) is 12.4 Å². The number of allylic oxidation sites excluding steroid dienone is 1. The van der Waals surface area contributed by atoms with Crippen LogP contribution in [0.5, 0.6) is 0 Å². The van der Waals surface area contributed by atoms with Crippen LogP contribution in [0.25, 0.3) is 0 Å². The van der Waals surface area contributed by atoms with Crippen molar-refractivity contribution in [2.45, 2.75) is 40.5 Å². The van der Waals surface area contributed by atoms with Gasteiger partial charge in [-0.2, -0.15) is 0 Å². The fraction of sp³-hybridized carbons (Fsp3) is 0.350. The minimum Gasteiger partial charge on any atom is -0.465 e. The molecule has 0 aromatic heterocycles. The van der Waals surface area contributed by atoms with Gasteiger partial charge in [-0.05, 0) is 50.0 Å². The molecular formula is C20H26N2O3. The van der Waals surface area contributed by atoms with Crippen molar-refractivity contribution in [2.24, 2.45) is 4.99 Å². The second-order valence-corrected chi connectivity index (χ2v) is 5.79. The van der Waals surface area contributed by atoms with Crippen LogP contribution in [-0.4, -0.2) is 25.2 Å². The van der Waals surface area contributed by atoms with Crippen molar-refractivity contribution in [3.05, 3.63) is 52.7 Å². The zero-order valence-corrected chi connectivity index (χ0v) is 15.7. The first-order valence-corrected chi connectivity index (χ1v) is 8.21. The van der Waals surface area contributed by atoms with E-state index in [1.54, 1.807) is 31.3 Å². The molecule has 0 saturated heterocycles. The third-order valence-electron chi connectivity index (χ3n) is 3.79. The molecule has 0 heterocycles. The molecule has 1 rings (SSSR count). The Labute approximate surface area is 149 Å². The molecule has 0 aliphatic rings. The minimum absolute atomic E-state index is 0.0366. The average Bonchev–Trinajstić information content (AvgIpc) is 2.60. The molecule has 1 aromatic carbocycles. The van der Waals surface area contributed by atoms with Gasteiger partial charge < -0.3 is 10.1 Å². The first-order valence-electron chi connectivity index (χ1n) is 8.21. The highest BCUT2D eigenvalue weighted by Crippen LogP contribution is 2.29. The van der Waals surface area contributed by atoms with E-state index in [2.05, 4.69) is 10.3 Å². The number of ether oxygens (including phenoxy) is 1. The molecular weight excluding hydrogens is 316 g/mol. The van der Waals surface area contributed by atoms with Crippen LogP contribution in [0.15, 0.2) is 46.6 Å². The summed E-state index contributed by atoms with van der Waals surface area (Å²) in [6.45, 7) is 9.43. The summed E-state index contributed by atoms with van der Waals surface area (Å²) >= 11 is 0. The first-order chi connectivity index (χ1) is 11.9. The van der Waals surface area contributed by atoms with Gasteiger partial charge in [-0.3, -0.25) is 9.79 Å². The molecule has 0 bridgehead atoms. The van der Waals surface area contributed by atoms with Crippen molar-refractivity contribution >= 4 is 23.8 Å². The van der Waals surface area contributed by atoms with Crippen molar-refractivity contribution in [1.29, 1.82) is 0 Å². The second kappa shape index (κ2) is 9.57. The van der Waals surface area contributed by atoms with Crippen molar-refractivity contribution in [1.82, 2.24) is 0 Å². The van der Waals surface area contributed by atoms with E-state index in [-0.39, 0.29) is 11.8 Å². The lowest BCUT2D eigenvalue weighted by Crippen LogP contribution is -2.18. The standard InChI is InChI=1S/C20H26N2O3/c1-7-14(5)16(12-21-8-2)19(23)22-17-11-9-10-15(20(24)25-6)18(17)13(3)4/h7-13H,1-6H3,(H,22,23)/b14-7?,16-12+,21-8?. The molecule has 0 radical (unpaired) electrons. The number of nitrogens with one attached hydrogen (secondary N) is 1. The SMILES string of the molecule is CC=N/C=C(/C(=O)Nc1cccc(C(=O)OC)c1C(C)C)C(C)=CC. The van der Waals surface area contributed by atoms with Gasteiger partial charge in [0.25, 0.3) is 5.91 Å². The van der Waals surface area contributed by atoms with Crippen LogP contribution in [-0.2, 0) is 9.53 Å². The largest absolute Gasteiger partial charge is 0.465 e. The number of hydrogen-bond donors (Lipinski definition) is 1. The fourth-order valence-electron chi connectivity index (χ4n) is 2.42. The third-order valence-corrected chi connectivity index (χ3v) is 3.79. The summed E-state index contributed by atoms with van der Waals surface area (Å²) in [5, 5.41) is 2.91. The van der Waals surface area contributed by atoms with Gasteiger partial charge in [-0.15, -0.1) is 0 Å². The number of rotatable bonds is 6. The number of esters is 1. The molecule has 0 fully saturated rings. The number of methoxy groups -OCH3 is 1. The third kappa shape index (κ3) is 5.14. The highest BCUT2D eigenvalue weighted by atomic mass is 16.5. The number of carbonyl (C=O) groups excluding carboxylic acids is 2. The summed E-state index contributed by atoms with van der Waals surface area (Å²) in [5.74, 6) is -0.657. The molecule has 1 amide bonds. The molecule has 134 valence electrons. The maximum absolute atomic E-state index is 12.7. The maximum atomic E-state index is 12.7. The lowest BCUT2D eigenvalue weighted by molar-refractivity contribution is -0.112. The Balaban J connectivity index is 3.34. The van der Waals surface area contributed by atoms with E-state index in [0.29, 0.717) is 16.8 Å². The Kier molecular flexibility index (Phi) is 7.79. The van der Waals surface area contributed by atoms with Crippen LogP contribution in [0, 0.1) is 0 Å². The monoisotopic (exact) mass is 342 g/mol. The van der Waals surface area contributed by atoms with Gasteiger partial charge in [0.2, 0.25) is 0 Å². The van der Waals surface area contributed by atoms with E-state index >= 15 is 0 Å². The van der Waals surface area contributed by atoms with Gasteiger partial charge in [0.15, 0.2) is 0 Å². The van der Waals surface area contributed by atoms with Crippen LogP contribution < -0.4 is 5.32 Å². The molecule has 1 N–H and O–H groups in total. The molecule has 0 aliphatic heterocycles. The Bertz CT molecular complexity index is 728. The highest BCUT2D eigenvalue weighted by Gasteiger charge is 2.20. The fourth-order valence-corrected chi connectivity index (χ4v) is 2.42. The predicted molar refractivity (Wildman–Crippen MR) is 102 cm³/mol. The van der Waals surface area contributed by atoms with Gasteiger partial charge in [0.1, 0.15) is 0 Å². The van der Waals surface area contributed by atoms with Gasteiger partial charge in [-0.1, -0.05) is 26.0 Å². The van der Waals surface area contributed by atoms with Crippen LogP contribution in [0.2, 0.25) is 0 Å². The molecule has 1 aromatic rings. The van der Waals surface area contributed by atoms with Crippen LogP contribution in [0.1, 0.15) is 56.5 Å². The molecule has 0 atom stereocenters. The smallest absolute Gasteiger partial charge is 0.338 e. The summed E-state index contributed by atoms with van der Waals surface area (Å²) in [5.41, 5.74) is 3.09. The Morgan fingerprint density at radius 1 is 1.24 bits per heavy atom. The van der Waals surface area contributed by atoms with E-state index in [9.17, 15) is 9.59 Å². The molecule has 0 spiro atoms. The van der Waals surface area contributed by atoms with E-state index in [1.807, 2.05) is 33.8 Å². The number of nitrogens with zero attached hydrogens (tertiary/aromatic N) is 1. The topological polar surface area (TPSA) is 67.8 Å². The molecule has 0 unspecified atom stereocenters. The minimum atomic E-state index is -0.421. The van der Waals surface area contributed by atoms with Crippen molar-refractivity contribution < 1.29 is 14.3 Å². The Hall–Kier alpha value is -2.69. The molecule has 0 aliphatic carbocycles. The Morgan fingerprint density at radius 2 is 1.92 bits per heavy atom.